The number of nitrogens with zero attached hydrogens (tertiary/aromatic N) is 1. The fourth-order valence-corrected chi connectivity index (χ4v) is 3.38. The summed E-state index contributed by atoms with van der Waals surface area (Å²) in [6, 6.07) is 8.76. The third-order valence-corrected chi connectivity index (χ3v) is 4.50. The van der Waals surface area contributed by atoms with Crippen molar-refractivity contribution in [3.63, 3.8) is 0 Å². The number of benzene rings is 1. The van der Waals surface area contributed by atoms with E-state index >= 15 is 0 Å². The van der Waals surface area contributed by atoms with Crippen LogP contribution in [-0.4, -0.2) is 26.1 Å². The lowest BCUT2D eigenvalue weighted by Crippen LogP contribution is -2.38. The van der Waals surface area contributed by atoms with E-state index in [2.05, 4.69) is 9.68 Å². The molecular formula is C14H14N2O5S. The molecule has 0 saturated heterocycles. The van der Waals surface area contributed by atoms with Crippen LogP contribution in [0.5, 0.6) is 0 Å². The van der Waals surface area contributed by atoms with Gasteiger partial charge < -0.3 is 9.26 Å². The summed E-state index contributed by atoms with van der Waals surface area (Å²) in [7, 11) is -3.86. The third-order valence-electron chi connectivity index (χ3n) is 3.32. The van der Waals surface area contributed by atoms with Crippen LogP contribution >= 0.6 is 0 Å². The van der Waals surface area contributed by atoms with Crippen LogP contribution in [0.4, 0.5) is 0 Å². The van der Waals surface area contributed by atoms with Crippen molar-refractivity contribution in [1.29, 1.82) is 0 Å². The van der Waals surface area contributed by atoms with Crippen LogP contribution in [0.3, 0.4) is 0 Å². The number of carbonyl (C=O) groups is 1. The number of carbonyl (C=O) groups excluding carboxylic acids is 1. The van der Waals surface area contributed by atoms with E-state index < -0.39 is 27.8 Å². The van der Waals surface area contributed by atoms with E-state index in [4.69, 9.17) is 4.74 Å². The van der Waals surface area contributed by atoms with Gasteiger partial charge in [-0.2, -0.15) is 0 Å². The summed E-state index contributed by atoms with van der Waals surface area (Å²) >= 11 is 0. The Hall–Kier alpha value is -2.19. The zero-order valence-electron chi connectivity index (χ0n) is 11.6. The summed E-state index contributed by atoms with van der Waals surface area (Å²) in [5, 5.41) is 3.52. The van der Waals surface area contributed by atoms with Crippen molar-refractivity contribution in [2.45, 2.75) is 18.3 Å². The molecule has 1 amide bonds. The predicted molar refractivity (Wildman–Crippen MR) is 76.1 cm³/mol. The Morgan fingerprint density at radius 2 is 2.14 bits per heavy atom. The van der Waals surface area contributed by atoms with Crippen LogP contribution in [0.15, 0.2) is 41.1 Å². The third kappa shape index (κ3) is 3.18. The Balaban J connectivity index is 1.75. The molecule has 2 aromatic rings. The van der Waals surface area contributed by atoms with Crippen LogP contribution < -0.4 is 4.72 Å². The minimum atomic E-state index is -3.86. The van der Waals surface area contributed by atoms with E-state index in [1.54, 1.807) is 12.1 Å². The SMILES string of the molecule is O=C(NS(=O)(=O)Cc1ccon1)C1OCCc2ccccc21. The molecule has 7 nitrogen and oxygen atoms in total. The Bertz CT molecular complexity index is 770. The van der Waals surface area contributed by atoms with Crippen LogP contribution in [0, 0.1) is 0 Å². The molecule has 0 saturated carbocycles. The van der Waals surface area contributed by atoms with Gasteiger partial charge in [0, 0.05) is 6.07 Å². The van der Waals surface area contributed by atoms with Crippen molar-refractivity contribution in [2.24, 2.45) is 0 Å². The zero-order chi connectivity index (χ0) is 15.6. The smallest absolute Gasteiger partial charge is 0.267 e. The topological polar surface area (TPSA) is 98.5 Å². The van der Waals surface area contributed by atoms with Gasteiger partial charge >= 0.3 is 0 Å². The minimum Gasteiger partial charge on any atom is -0.364 e. The molecular weight excluding hydrogens is 308 g/mol. The second-order valence-corrected chi connectivity index (χ2v) is 6.64. The first-order valence-electron chi connectivity index (χ1n) is 6.68. The summed E-state index contributed by atoms with van der Waals surface area (Å²) in [5.41, 5.74) is 1.91. The molecule has 22 heavy (non-hydrogen) atoms. The van der Waals surface area contributed by atoms with E-state index in [9.17, 15) is 13.2 Å². The molecule has 1 aromatic carbocycles. The monoisotopic (exact) mass is 322 g/mol. The molecule has 116 valence electrons. The average molecular weight is 322 g/mol. The van der Waals surface area contributed by atoms with Gasteiger partial charge in [-0.25, -0.2) is 8.42 Å². The molecule has 1 N–H and O–H groups in total. The number of fused-ring (bicyclic) bond motifs is 1. The van der Waals surface area contributed by atoms with Gasteiger partial charge in [-0.15, -0.1) is 0 Å². The molecule has 1 aliphatic heterocycles. The van der Waals surface area contributed by atoms with Crippen LogP contribution in [0.25, 0.3) is 0 Å². The van der Waals surface area contributed by atoms with Crippen molar-refractivity contribution in [3.05, 3.63) is 53.4 Å². The van der Waals surface area contributed by atoms with Gasteiger partial charge in [0.15, 0.2) is 6.10 Å². The number of rotatable bonds is 4. The quantitative estimate of drug-likeness (QED) is 0.899. The van der Waals surface area contributed by atoms with Gasteiger partial charge in [0.05, 0.1) is 6.61 Å². The van der Waals surface area contributed by atoms with Crippen molar-refractivity contribution in [1.82, 2.24) is 9.88 Å². The Kier molecular flexibility index (Phi) is 3.95. The highest BCUT2D eigenvalue weighted by molar-refractivity contribution is 7.89. The zero-order valence-corrected chi connectivity index (χ0v) is 12.4. The fourth-order valence-electron chi connectivity index (χ4n) is 2.36. The number of hydrogen-bond acceptors (Lipinski definition) is 6. The van der Waals surface area contributed by atoms with Crippen molar-refractivity contribution in [3.8, 4) is 0 Å². The molecule has 0 radical (unpaired) electrons. The molecule has 0 aliphatic carbocycles. The number of hydrogen-bond donors (Lipinski definition) is 1. The largest absolute Gasteiger partial charge is 0.364 e. The molecule has 0 bridgehead atoms. The van der Waals surface area contributed by atoms with Crippen molar-refractivity contribution in [2.75, 3.05) is 6.61 Å². The lowest BCUT2D eigenvalue weighted by atomic mass is 9.97. The number of amides is 1. The Morgan fingerprint density at radius 3 is 2.91 bits per heavy atom. The second kappa shape index (κ2) is 5.90. The van der Waals surface area contributed by atoms with Crippen LogP contribution in [0.1, 0.15) is 22.9 Å². The summed E-state index contributed by atoms with van der Waals surface area (Å²) < 4.78 is 36.0. The number of nitrogens with one attached hydrogen (secondary N) is 1. The highest BCUT2D eigenvalue weighted by Gasteiger charge is 2.30. The maximum atomic E-state index is 12.2. The summed E-state index contributed by atoms with van der Waals surface area (Å²) in [6.45, 7) is 0.373. The van der Waals surface area contributed by atoms with Gasteiger partial charge in [0.25, 0.3) is 5.91 Å². The highest BCUT2D eigenvalue weighted by atomic mass is 32.2. The maximum Gasteiger partial charge on any atom is 0.267 e. The molecule has 2 heterocycles. The lowest BCUT2D eigenvalue weighted by Gasteiger charge is -2.24. The first-order valence-corrected chi connectivity index (χ1v) is 8.33. The standard InChI is InChI=1S/C14H14N2O5S/c17-14(16-22(18,19)9-11-6-8-21-15-11)13-12-4-2-1-3-10(12)5-7-20-13/h1-4,6,8,13H,5,7,9H2,(H,16,17). The van der Waals surface area contributed by atoms with Gasteiger partial charge in [0.1, 0.15) is 17.7 Å². The van der Waals surface area contributed by atoms with Crippen LogP contribution in [-0.2, 0) is 31.7 Å². The maximum absolute atomic E-state index is 12.2. The molecule has 0 fully saturated rings. The van der Waals surface area contributed by atoms with E-state index in [0.717, 1.165) is 5.56 Å². The normalized spacial score (nSPS) is 17.7. The van der Waals surface area contributed by atoms with E-state index in [0.29, 0.717) is 18.6 Å². The minimum absolute atomic E-state index is 0.227. The molecule has 1 atom stereocenters. The predicted octanol–water partition coefficient (Wildman–Crippen LogP) is 0.935. The van der Waals surface area contributed by atoms with E-state index in [-0.39, 0.29) is 5.69 Å². The molecule has 8 heteroatoms. The Morgan fingerprint density at radius 1 is 1.32 bits per heavy atom. The first kappa shape index (κ1) is 14.7. The fraction of sp³-hybridized carbons (Fsp3) is 0.286. The summed E-state index contributed by atoms with van der Waals surface area (Å²) in [4.78, 5) is 12.2. The molecule has 0 spiro atoms. The number of sulfonamides is 1. The molecule has 1 aliphatic rings. The second-order valence-electron chi connectivity index (χ2n) is 4.92. The van der Waals surface area contributed by atoms with Crippen LogP contribution in [0.2, 0.25) is 0 Å². The summed E-state index contributed by atoms with van der Waals surface area (Å²) in [5.74, 6) is -1.13. The van der Waals surface area contributed by atoms with E-state index in [1.807, 2.05) is 16.9 Å². The van der Waals surface area contributed by atoms with Crippen molar-refractivity contribution < 1.29 is 22.5 Å². The molecule has 3 rings (SSSR count). The lowest BCUT2D eigenvalue weighted by molar-refractivity contribution is -0.132. The van der Waals surface area contributed by atoms with Gasteiger partial charge in [-0.3, -0.25) is 9.52 Å². The highest BCUT2D eigenvalue weighted by Crippen LogP contribution is 2.27. The van der Waals surface area contributed by atoms with E-state index in [1.165, 1.54) is 12.3 Å². The Labute approximate surface area is 127 Å². The van der Waals surface area contributed by atoms with Crippen molar-refractivity contribution >= 4 is 15.9 Å². The van der Waals surface area contributed by atoms with Gasteiger partial charge in [-0.05, 0) is 17.5 Å². The first-order chi connectivity index (χ1) is 10.6. The number of aromatic nitrogens is 1. The van der Waals surface area contributed by atoms with Gasteiger partial charge in [0.2, 0.25) is 10.0 Å². The molecule has 1 unspecified atom stereocenters. The average Bonchev–Trinajstić information content (AvgIpc) is 2.98. The molecule has 1 aromatic heterocycles. The number of ether oxygens (including phenoxy) is 1. The van der Waals surface area contributed by atoms with Gasteiger partial charge in [-0.1, -0.05) is 29.4 Å². The summed E-state index contributed by atoms with van der Waals surface area (Å²) in [6.07, 6.45) is 1.05.